The Hall–Kier alpha value is -0.860. The van der Waals surface area contributed by atoms with Crippen molar-refractivity contribution < 1.29 is 9.53 Å². The van der Waals surface area contributed by atoms with Crippen molar-refractivity contribution >= 4 is 11.7 Å². The second-order valence-corrected chi connectivity index (χ2v) is 4.18. The smallest absolute Gasteiger partial charge is 0.328 e. The summed E-state index contributed by atoms with van der Waals surface area (Å²) in [7, 11) is 0. The highest BCUT2D eigenvalue weighted by Crippen LogP contribution is 2.06. The predicted octanol–water partition coefficient (Wildman–Crippen LogP) is 2.59. The summed E-state index contributed by atoms with van der Waals surface area (Å²) in [5.41, 5.74) is 0.654. The van der Waals surface area contributed by atoms with Gasteiger partial charge in [0.05, 0.1) is 0 Å². The largest absolute Gasteiger partial charge is 0.459 e. The summed E-state index contributed by atoms with van der Waals surface area (Å²) >= 11 is 0. The second kappa shape index (κ2) is 5.78. The molecular weight excluding hydrogens is 178 g/mol. The molecule has 0 saturated heterocycles. The number of aliphatic imine (C=N–C) groups is 1. The van der Waals surface area contributed by atoms with Crippen LogP contribution in [0.15, 0.2) is 4.99 Å². The quantitative estimate of drug-likeness (QED) is 0.515. The Morgan fingerprint density at radius 3 is 2.07 bits per heavy atom. The Bertz CT molecular complexity index is 208. The Balaban J connectivity index is 4.02. The van der Waals surface area contributed by atoms with E-state index in [0.29, 0.717) is 0 Å². The molecule has 0 aromatic carbocycles. The van der Waals surface area contributed by atoms with Crippen molar-refractivity contribution in [1.82, 2.24) is 0 Å². The van der Waals surface area contributed by atoms with Crippen LogP contribution in [0.4, 0.5) is 0 Å². The minimum atomic E-state index is -0.412. The zero-order valence-corrected chi connectivity index (χ0v) is 9.89. The van der Waals surface area contributed by atoms with Gasteiger partial charge in [0.1, 0.15) is 12.1 Å². The molecule has 14 heavy (non-hydrogen) atoms. The van der Waals surface area contributed by atoms with Crippen LogP contribution in [0, 0.1) is 0 Å². The number of esters is 1. The van der Waals surface area contributed by atoms with E-state index in [1.165, 1.54) is 0 Å². The fourth-order valence-electron chi connectivity index (χ4n) is 1.02. The third kappa shape index (κ3) is 6.63. The topological polar surface area (TPSA) is 38.7 Å². The SMILES string of the molecule is CCC(CC)=NCC(=O)OC(C)(C)C. The minimum absolute atomic E-state index is 0.147. The molecule has 0 aliphatic carbocycles. The van der Waals surface area contributed by atoms with Crippen LogP contribution in [0.1, 0.15) is 47.5 Å². The predicted molar refractivity (Wildman–Crippen MR) is 58.7 cm³/mol. The Labute approximate surface area is 86.6 Å². The fourth-order valence-corrected chi connectivity index (χ4v) is 1.02. The molecule has 0 amide bonds. The molecule has 0 radical (unpaired) electrons. The highest BCUT2D eigenvalue weighted by atomic mass is 16.6. The van der Waals surface area contributed by atoms with E-state index in [2.05, 4.69) is 4.99 Å². The number of hydrogen-bond donors (Lipinski definition) is 0. The van der Waals surface area contributed by atoms with Crippen molar-refractivity contribution in [3.8, 4) is 0 Å². The normalized spacial score (nSPS) is 10.9. The lowest BCUT2D eigenvalue weighted by molar-refractivity contribution is -0.152. The van der Waals surface area contributed by atoms with Gasteiger partial charge in [0.25, 0.3) is 0 Å². The van der Waals surface area contributed by atoms with E-state index in [1.807, 2.05) is 34.6 Å². The third-order valence-electron chi connectivity index (χ3n) is 1.67. The van der Waals surface area contributed by atoms with Gasteiger partial charge in [-0.05, 0) is 33.6 Å². The maximum absolute atomic E-state index is 11.3. The van der Waals surface area contributed by atoms with E-state index in [-0.39, 0.29) is 12.5 Å². The maximum atomic E-state index is 11.3. The summed E-state index contributed by atoms with van der Waals surface area (Å²) in [5.74, 6) is -0.253. The fraction of sp³-hybridized carbons (Fsp3) is 0.818. The molecule has 0 saturated carbocycles. The third-order valence-corrected chi connectivity index (χ3v) is 1.67. The molecule has 82 valence electrons. The van der Waals surface area contributed by atoms with Gasteiger partial charge in [-0.3, -0.25) is 9.79 Å². The number of ether oxygens (including phenoxy) is 1. The van der Waals surface area contributed by atoms with Crippen LogP contribution in [0.5, 0.6) is 0 Å². The molecule has 0 aromatic heterocycles. The molecule has 0 aliphatic rings. The Morgan fingerprint density at radius 2 is 1.71 bits per heavy atom. The standard InChI is InChI=1S/C11H21NO2/c1-6-9(7-2)12-8-10(13)14-11(3,4)5/h6-8H2,1-5H3. The zero-order valence-electron chi connectivity index (χ0n) is 9.89. The zero-order chi connectivity index (χ0) is 11.2. The summed E-state index contributed by atoms with van der Waals surface area (Å²) in [6, 6.07) is 0. The van der Waals surface area contributed by atoms with Crippen molar-refractivity contribution in [3.05, 3.63) is 0 Å². The van der Waals surface area contributed by atoms with Crippen molar-refractivity contribution in [2.45, 2.75) is 53.1 Å². The van der Waals surface area contributed by atoms with Gasteiger partial charge in [-0.15, -0.1) is 0 Å². The van der Waals surface area contributed by atoms with Crippen LogP contribution in [-0.2, 0) is 9.53 Å². The Morgan fingerprint density at radius 1 is 1.21 bits per heavy atom. The van der Waals surface area contributed by atoms with Gasteiger partial charge in [0.2, 0.25) is 0 Å². The summed E-state index contributed by atoms with van der Waals surface area (Å²) in [6.45, 7) is 9.79. The molecule has 0 atom stereocenters. The van der Waals surface area contributed by atoms with Crippen molar-refractivity contribution in [1.29, 1.82) is 0 Å². The lowest BCUT2D eigenvalue weighted by Gasteiger charge is -2.18. The van der Waals surface area contributed by atoms with Gasteiger partial charge < -0.3 is 4.74 Å². The van der Waals surface area contributed by atoms with E-state index in [9.17, 15) is 4.79 Å². The van der Waals surface area contributed by atoms with Crippen LogP contribution in [0.3, 0.4) is 0 Å². The van der Waals surface area contributed by atoms with Crippen LogP contribution in [0.25, 0.3) is 0 Å². The molecule has 0 unspecified atom stereocenters. The lowest BCUT2D eigenvalue weighted by Crippen LogP contribution is -2.25. The molecule has 0 aliphatic heterocycles. The average Bonchev–Trinajstić information content (AvgIpc) is 2.03. The minimum Gasteiger partial charge on any atom is -0.459 e. The first-order chi connectivity index (χ1) is 6.39. The molecule has 0 bridgehead atoms. The number of hydrogen-bond acceptors (Lipinski definition) is 3. The molecule has 0 rings (SSSR count). The molecule has 0 spiro atoms. The van der Waals surface area contributed by atoms with Gasteiger partial charge in [-0.2, -0.15) is 0 Å². The first-order valence-corrected chi connectivity index (χ1v) is 5.13. The summed E-state index contributed by atoms with van der Waals surface area (Å²) < 4.78 is 5.13. The van der Waals surface area contributed by atoms with E-state index in [1.54, 1.807) is 0 Å². The van der Waals surface area contributed by atoms with Crippen LogP contribution >= 0.6 is 0 Å². The second-order valence-electron chi connectivity index (χ2n) is 4.18. The van der Waals surface area contributed by atoms with E-state index >= 15 is 0 Å². The molecule has 0 heterocycles. The van der Waals surface area contributed by atoms with Gasteiger partial charge in [0.15, 0.2) is 0 Å². The van der Waals surface area contributed by atoms with Crippen LogP contribution in [0.2, 0.25) is 0 Å². The highest BCUT2D eigenvalue weighted by molar-refractivity contribution is 5.86. The summed E-state index contributed by atoms with van der Waals surface area (Å²) in [4.78, 5) is 15.5. The number of nitrogens with zero attached hydrogens (tertiary/aromatic N) is 1. The van der Waals surface area contributed by atoms with Crippen LogP contribution < -0.4 is 0 Å². The van der Waals surface area contributed by atoms with E-state index < -0.39 is 5.60 Å². The van der Waals surface area contributed by atoms with Crippen molar-refractivity contribution in [2.24, 2.45) is 4.99 Å². The monoisotopic (exact) mass is 199 g/mol. The summed E-state index contributed by atoms with van der Waals surface area (Å²) in [6.07, 6.45) is 1.80. The maximum Gasteiger partial charge on any atom is 0.328 e. The molecule has 3 heteroatoms. The van der Waals surface area contributed by atoms with Gasteiger partial charge in [0, 0.05) is 5.71 Å². The lowest BCUT2D eigenvalue weighted by atomic mass is 10.2. The molecular formula is C11H21NO2. The molecule has 0 N–H and O–H groups in total. The Kier molecular flexibility index (Phi) is 5.43. The first-order valence-electron chi connectivity index (χ1n) is 5.13. The highest BCUT2D eigenvalue weighted by Gasteiger charge is 2.15. The summed E-state index contributed by atoms with van der Waals surface area (Å²) in [5, 5.41) is 0. The molecule has 0 aromatic rings. The molecule has 3 nitrogen and oxygen atoms in total. The van der Waals surface area contributed by atoms with Gasteiger partial charge in [-0.1, -0.05) is 13.8 Å². The van der Waals surface area contributed by atoms with Crippen molar-refractivity contribution in [2.75, 3.05) is 6.54 Å². The van der Waals surface area contributed by atoms with Crippen molar-refractivity contribution in [3.63, 3.8) is 0 Å². The number of rotatable bonds is 4. The van der Waals surface area contributed by atoms with Gasteiger partial charge >= 0.3 is 5.97 Å². The first kappa shape index (κ1) is 13.1. The molecule has 0 fully saturated rings. The average molecular weight is 199 g/mol. The van der Waals surface area contributed by atoms with E-state index in [0.717, 1.165) is 18.6 Å². The number of carbonyl (C=O) groups is 1. The van der Waals surface area contributed by atoms with Crippen LogP contribution in [-0.4, -0.2) is 23.8 Å². The van der Waals surface area contributed by atoms with Gasteiger partial charge in [-0.25, -0.2) is 0 Å². The van der Waals surface area contributed by atoms with E-state index in [4.69, 9.17) is 4.74 Å². The number of carbonyl (C=O) groups excluding carboxylic acids is 1.